The zero-order valence-electron chi connectivity index (χ0n) is 59.5. The number of aliphatic hydroxyl groups is 8. The van der Waals surface area contributed by atoms with Crippen LogP contribution in [-0.4, -0.2) is 128 Å². The van der Waals surface area contributed by atoms with Crippen molar-refractivity contribution in [1.82, 2.24) is 36.5 Å². The Labute approximate surface area is 728 Å². The molecule has 12 rings (SSSR count). The Morgan fingerprint density at radius 3 is 0.795 bits per heavy atom. The first kappa shape index (κ1) is 99.4. The van der Waals surface area contributed by atoms with Crippen LogP contribution in [0.25, 0.3) is 43.6 Å². The molecular weight excluding hydrogens is 2060 g/mol. The van der Waals surface area contributed by atoms with E-state index in [0.717, 1.165) is 37.2 Å². The van der Waals surface area contributed by atoms with Crippen LogP contribution in [-0.2, 0) is 54.4 Å². The van der Waals surface area contributed by atoms with Crippen molar-refractivity contribution in [1.29, 1.82) is 0 Å². The van der Waals surface area contributed by atoms with Crippen molar-refractivity contribution in [3.63, 3.8) is 0 Å². The van der Waals surface area contributed by atoms with E-state index in [-0.39, 0.29) is 121 Å². The van der Waals surface area contributed by atoms with Crippen molar-refractivity contribution in [2.45, 2.75) is 72.9 Å². The number of rotatable bonds is 20. The number of pyridine rings is 8. The van der Waals surface area contributed by atoms with Gasteiger partial charge in [0.25, 0.3) is 44.5 Å². The molecule has 0 fully saturated rings. The predicted octanol–water partition coefficient (Wildman–Crippen LogP) is 9.90. The van der Waals surface area contributed by atoms with Gasteiger partial charge in [-0.2, -0.15) is 13.2 Å². The zero-order chi connectivity index (χ0) is 84.2. The molecule has 12 aromatic rings. The molecule has 8 aromatic heterocycles. The molecule has 0 bridgehead atoms. The summed E-state index contributed by atoms with van der Waals surface area (Å²) in [5, 5.41) is 84.6. The topological polar surface area (TPSA) is 386 Å². The summed E-state index contributed by atoms with van der Waals surface area (Å²) in [6, 6.07) is 24.1. The van der Waals surface area contributed by atoms with Gasteiger partial charge in [-0.15, -0.1) is 0 Å². The quantitative estimate of drug-likeness (QED) is 0.0146. The van der Waals surface area contributed by atoms with Crippen LogP contribution < -0.4 is 65.7 Å². The molecule has 4 aromatic carbocycles. The Hall–Kier alpha value is -8.12. The Bertz CT molecular complexity index is 5720. The van der Waals surface area contributed by atoms with Crippen molar-refractivity contribution in [3.8, 4) is 0 Å². The second kappa shape index (κ2) is 44.3. The van der Waals surface area contributed by atoms with Gasteiger partial charge >= 0.3 is 0 Å². The van der Waals surface area contributed by atoms with Crippen LogP contribution in [0, 0.1) is 55.0 Å². The number of benzene rings is 4. The van der Waals surface area contributed by atoms with Gasteiger partial charge in [-0.1, -0.05) is 45.6 Å². The monoisotopic (exact) mass is 2140 g/mol. The van der Waals surface area contributed by atoms with Crippen molar-refractivity contribution in [3.05, 3.63) is 266 Å². The first-order chi connectivity index (χ1) is 53.9. The second-order valence-electron chi connectivity index (χ2n) is 24.7. The van der Waals surface area contributed by atoms with Gasteiger partial charge < -0.3 is 98.7 Å². The number of nitrogens with zero attached hydrogens (tertiary/aromatic N) is 8. The normalized spacial score (nSPS) is 11.9. The number of aryl methyl sites for hydroxylation is 4. The maximum atomic E-state index is 14.8. The molecule has 4 atom stereocenters. The lowest BCUT2D eigenvalue weighted by Crippen LogP contribution is -2.31. The van der Waals surface area contributed by atoms with E-state index in [4.69, 9.17) is 20.4 Å². The van der Waals surface area contributed by atoms with E-state index in [9.17, 15) is 89.5 Å². The van der Waals surface area contributed by atoms with Crippen LogP contribution in [0.4, 0.5) is 76.2 Å². The van der Waals surface area contributed by atoms with Crippen molar-refractivity contribution in [2.75, 3.05) is 47.7 Å². The summed E-state index contributed by atoms with van der Waals surface area (Å²) in [6.45, 7) is -2.98. The van der Waals surface area contributed by atoms with Gasteiger partial charge in [-0.25, -0.2) is 17.6 Å². The molecule has 0 aliphatic carbocycles. The predicted molar refractivity (Wildman–Crippen MR) is 481 cm³/mol. The van der Waals surface area contributed by atoms with Gasteiger partial charge in [0.15, 0.2) is 0 Å². The molecule has 8 heterocycles. The largest absolute Gasteiger partial charge is 0.394 e. The summed E-state index contributed by atoms with van der Waals surface area (Å²) in [7, 11) is 6.62. The van der Waals surface area contributed by atoms with Crippen LogP contribution in [0.1, 0.15) is 22.3 Å². The van der Waals surface area contributed by atoms with Gasteiger partial charge in [-0.3, -0.25) is 38.4 Å². The second-order valence-corrected chi connectivity index (χ2v) is 31.8. The minimum Gasteiger partial charge on any atom is -0.394 e. The summed E-state index contributed by atoms with van der Waals surface area (Å²) >= 11 is 14.9. The van der Waals surface area contributed by atoms with E-state index in [0.29, 0.717) is 19.8 Å². The fourth-order valence-electron chi connectivity index (χ4n) is 11.2. The Kier molecular flexibility index (Phi) is 37.6. The maximum Gasteiger partial charge on any atom is 0.289 e. The third-order valence-corrected chi connectivity index (χ3v) is 19.7. The molecule has 0 saturated heterocycles. The fraction of sp³-hybridized carbons (Fsp3) is 0.253. The highest BCUT2D eigenvalue weighted by Gasteiger charge is 2.26. The Balaban J connectivity index is 0.000000272. The first-order valence-electron chi connectivity index (χ1n) is 32.9. The lowest BCUT2D eigenvalue weighted by molar-refractivity contribution is 0.0804. The molecule has 630 valence electrons. The maximum absolute atomic E-state index is 14.8. The number of anilines is 8. The molecule has 117 heavy (non-hydrogen) atoms. The van der Waals surface area contributed by atoms with Crippen molar-refractivity contribution in [2.24, 2.45) is 28.2 Å². The van der Waals surface area contributed by atoms with Crippen molar-refractivity contribution >= 4 is 213 Å². The van der Waals surface area contributed by atoms with E-state index in [1.807, 2.05) is 90.4 Å². The SMILES string of the molecule is C.C.C.Cn1c(=O)c(F)c(Nc2ccc(I)cc2F)c2c(=O)n(CC(O)CO)ccc21.Cn1c(=O)c(F)c(Nc2ccc(I)cc2F)c2c(=O)n(C[C@@H](O)CO)ccc21.Cn1c(=O)c(F)c(Nc2ccc(I)cc2F)c2c(=O)n(C[C@H](O)CO)ccc21.Cn1c(=O)cc(Nc2ccc(I)cc2F)c2c(=O)n(CC(O)CO)ccc21.SSS. The van der Waals surface area contributed by atoms with E-state index in [1.165, 1.54) is 135 Å². The minimum atomic E-state index is -1.23. The molecule has 0 saturated carbocycles. The van der Waals surface area contributed by atoms with E-state index in [2.05, 4.69) is 44.6 Å². The molecule has 0 spiro atoms. The highest BCUT2D eigenvalue weighted by atomic mass is 127. The number of fused-ring (bicyclic) bond motifs is 4. The number of halogens is 11. The number of aromatic nitrogens is 8. The minimum absolute atomic E-state index is 0. The number of hydrogen-bond acceptors (Lipinski definition) is 23. The standard InChI is InChI=1S/3C18H16F2IN3O4.C18H17FIN3O4.3CH4.H2S3/c3*1-23-13-4-5-24(7-10(26)8-25)17(27)14(13)16(15(20)18(23)28)22-12-3-2-9(21)6-11(12)19;1-22-15-4-5-23(8-11(25)9-24)18(27)17(15)14(7-16(22)26)21-13-3-2-10(20)6-12(13)19;;;;1-3-2/h3*2-6,10,22,25-26H,7-8H2,1H3;2-7,11,21,24-25H,8-9H2,1H3;3*1H4;1-2H/t2*10-;;;;;;/m10....../s1. The van der Waals surface area contributed by atoms with Gasteiger partial charge in [-0.05, 0) is 197 Å². The molecule has 2 unspecified atom stereocenters. The Morgan fingerprint density at radius 1 is 0.342 bits per heavy atom. The highest BCUT2D eigenvalue weighted by molar-refractivity contribution is 14.1. The number of hydrogen-bond donors (Lipinski definition) is 14. The first-order valence-corrected chi connectivity index (χ1v) is 40.2. The number of thiol groups is 2. The lowest BCUT2D eigenvalue weighted by Gasteiger charge is -2.16. The van der Waals surface area contributed by atoms with Crippen LogP contribution in [0.2, 0.25) is 0 Å². The van der Waals surface area contributed by atoms with Crippen LogP contribution in [0.3, 0.4) is 0 Å². The van der Waals surface area contributed by atoms with Gasteiger partial charge in [0, 0.05) is 73.3 Å². The van der Waals surface area contributed by atoms with Gasteiger partial charge in [0.2, 0.25) is 17.5 Å². The number of nitrogens with one attached hydrogen (secondary N) is 4. The average molecular weight is 2140 g/mol. The molecule has 0 radical (unpaired) electrons. The summed E-state index contributed by atoms with van der Waals surface area (Å²) in [5.74, 6) is -6.23. The fourth-order valence-corrected chi connectivity index (χ4v) is 13.1. The lowest BCUT2D eigenvalue weighted by atomic mass is 10.2. The summed E-state index contributed by atoms with van der Waals surface area (Å²) < 4.78 is 113. The average Bonchev–Trinajstić information content (AvgIpc) is 0.745. The highest BCUT2D eigenvalue weighted by Crippen LogP contribution is 2.32. The van der Waals surface area contributed by atoms with E-state index in [1.54, 1.807) is 30.3 Å². The van der Waals surface area contributed by atoms with Crippen LogP contribution in [0.15, 0.2) is 166 Å². The molecular formula is C75H79F7I4N12O16S3. The van der Waals surface area contributed by atoms with Crippen LogP contribution in [0.5, 0.6) is 0 Å². The molecule has 0 aliphatic rings. The number of aliphatic hydroxyl groups excluding tert-OH is 8. The van der Waals surface area contributed by atoms with Crippen molar-refractivity contribution < 1.29 is 71.6 Å². The third-order valence-electron chi connectivity index (χ3n) is 17.0. The van der Waals surface area contributed by atoms with Crippen LogP contribution >= 0.6 is 124 Å². The summed E-state index contributed by atoms with van der Waals surface area (Å²) in [5.41, 5.74) is -6.41. The molecule has 12 N–H and O–H groups in total. The summed E-state index contributed by atoms with van der Waals surface area (Å²) in [4.78, 5) is 101. The molecule has 0 amide bonds. The summed E-state index contributed by atoms with van der Waals surface area (Å²) in [6.07, 6.45) is 0.742. The zero-order valence-corrected chi connectivity index (χ0v) is 70.7. The smallest absolute Gasteiger partial charge is 0.289 e. The van der Waals surface area contributed by atoms with E-state index < -0.39 is 148 Å². The third kappa shape index (κ3) is 23.3. The van der Waals surface area contributed by atoms with E-state index >= 15 is 0 Å². The Morgan fingerprint density at radius 2 is 0.564 bits per heavy atom. The molecule has 42 heteroatoms. The van der Waals surface area contributed by atoms with Gasteiger partial charge in [0.05, 0.1) is 166 Å². The molecule has 0 aliphatic heterocycles. The molecule has 28 nitrogen and oxygen atoms in total. The van der Waals surface area contributed by atoms with Gasteiger partial charge in [0.1, 0.15) is 23.3 Å².